The lowest BCUT2D eigenvalue weighted by atomic mass is 10.1. The number of alkyl halides is 2. The zero-order chi connectivity index (χ0) is 20.5. The van der Waals surface area contributed by atoms with Crippen molar-refractivity contribution < 1.29 is 18.7 Å². The van der Waals surface area contributed by atoms with E-state index >= 15 is 0 Å². The van der Waals surface area contributed by atoms with E-state index in [9.17, 15) is 18.7 Å². The predicted molar refractivity (Wildman–Crippen MR) is 105 cm³/mol. The maximum Gasteiger partial charge on any atom is 0.280 e. The number of nitrogens with one attached hydrogen (secondary N) is 2. The van der Waals surface area contributed by atoms with Gasteiger partial charge in [0.05, 0.1) is 17.0 Å². The molecule has 0 aliphatic heterocycles. The summed E-state index contributed by atoms with van der Waals surface area (Å²) in [5, 5.41) is 15.9. The molecule has 28 heavy (non-hydrogen) atoms. The Balaban J connectivity index is 1.82. The molecule has 9 heteroatoms. The number of carbonyl (C=O) groups excluding carboxylic acids is 1. The van der Waals surface area contributed by atoms with Crippen LogP contribution in [-0.4, -0.2) is 38.7 Å². The molecule has 1 saturated carbocycles. The maximum atomic E-state index is 13.6. The molecule has 0 aromatic carbocycles. The zero-order valence-electron chi connectivity index (χ0n) is 16.0. The Morgan fingerprint density at radius 3 is 2.64 bits per heavy atom. The SMILES string of the molecule is CC(C)(C)Nc1cc(C(F)F)c(-c2cnc(C(=O)N[C@H]3CCC[C@@H]3O)s2)cn1. The van der Waals surface area contributed by atoms with Gasteiger partial charge in [0.25, 0.3) is 12.3 Å². The van der Waals surface area contributed by atoms with Crippen LogP contribution in [0.4, 0.5) is 14.6 Å². The lowest BCUT2D eigenvalue weighted by Gasteiger charge is -2.22. The average molecular weight is 410 g/mol. The van der Waals surface area contributed by atoms with E-state index in [1.807, 2.05) is 20.8 Å². The summed E-state index contributed by atoms with van der Waals surface area (Å²) < 4.78 is 27.3. The van der Waals surface area contributed by atoms with E-state index in [0.29, 0.717) is 23.5 Å². The van der Waals surface area contributed by atoms with E-state index < -0.39 is 18.4 Å². The van der Waals surface area contributed by atoms with Crippen LogP contribution in [0.5, 0.6) is 0 Å². The topological polar surface area (TPSA) is 87.1 Å². The summed E-state index contributed by atoms with van der Waals surface area (Å²) in [5.74, 6) is -0.0379. The van der Waals surface area contributed by atoms with Crippen molar-refractivity contribution >= 4 is 23.1 Å². The molecule has 152 valence electrons. The minimum absolute atomic E-state index is 0.163. The number of aliphatic hydroxyl groups excluding tert-OH is 1. The molecular formula is C19H24F2N4O2S. The van der Waals surface area contributed by atoms with Gasteiger partial charge in [-0.25, -0.2) is 18.7 Å². The number of hydrogen-bond donors (Lipinski definition) is 3. The molecule has 0 bridgehead atoms. The average Bonchev–Trinajstić information content (AvgIpc) is 3.23. The molecule has 6 nitrogen and oxygen atoms in total. The molecule has 2 heterocycles. The van der Waals surface area contributed by atoms with E-state index in [2.05, 4.69) is 20.6 Å². The van der Waals surface area contributed by atoms with Crippen molar-refractivity contribution in [2.45, 2.75) is 64.1 Å². The summed E-state index contributed by atoms with van der Waals surface area (Å²) in [4.78, 5) is 21.1. The third-order valence-corrected chi connectivity index (χ3v) is 5.46. The van der Waals surface area contributed by atoms with Gasteiger partial charge in [-0.15, -0.1) is 11.3 Å². The number of halogens is 2. The van der Waals surface area contributed by atoms with Gasteiger partial charge < -0.3 is 15.7 Å². The standard InChI is InChI=1S/C19H24F2N4O2S/c1-19(2,3)25-15-7-10(16(20)21)11(8-22-15)14-9-23-18(28-14)17(27)24-12-5-4-6-13(12)26/h7-9,12-13,16,26H,4-6H2,1-3H3,(H,22,25)(H,24,27)/t12-,13-/m0/s1. The summed E-state index contributed by atoms with van der Waals surface area (Å²) in [6.45, 7) is 5.75. The third kappa shape index (κ3) is 4.82. The number of carbonyl (C=O) groups is 1. The number of hydrogen-bond acceptors (Lipinski definition) is 6. The van der Waals surface area contributed by atoms with Gasteiger partial charge in [0.15, 0.2) is 5.01 Å². The highest BCUT2D eigenvalue weighted by Crippen LogP contribution is 2.35. The van der Waals surface area contributed by atoms with Crippen LogP contribution in [0.25, 0.3) is 10.4 Å². The highest BCUT2D eigenvalue weighted by molar-refractivity contribution is 7.17. The maximum absolute atomic E-state index is 13.6. The first-order chi connectivity index (χ1) is 13.1. The second-order valence-electron chi connectivity index (χ2n) is 7.94. The molecule has 0 spiro atoms. The molecule has 1 aliphatic carbocycles. The van der Waals surface area contributed by atoms with Crippen molar-refractivity contribution in [3.05, 3.63) is 29.0 Å². The highest BCUT2D eigenvalue weighted by Gasteiger charge is 2.28. The number of thiazole rings is 1. The van der Waals surface area contributed by atoms with Gasteiger partial charge in [-0.3, -0.25) is 4.79 Å². The van der Waals surface area contributed by atoms with Crippen molar-refractivity contribution in [3.8, 4) is 10.4 Å². The number of aromatic nitrogens is 2. The van der Waals surface area contributed by atoms with Crippen LogP contribution in [0.3, 0.4) is 0 Å². The Morgan fingerprint density at radius 2 is 2.04 bits per heavy atom. The molecule has 1 amide bonds. The largest absolute Gasteiger partial charge is 0.391 e. The Labute approximate surface area is 166 Å². The smallest absolute Gasteiger partial charge is 0.280 e. The van der Waals surface area contributed by atoms with Crippen LogP contribution < -0.4 is 10.6 Å². The second kappa shape index (κ2) is 8.08. The van der Waals surface area contributed by atoms with E-state index in [1.165, 1.54) is 18.5 Å². The Hall–Kier alpha value is -2.13. The number of rotatable bonds is 5. The van der Waals surface area contributed by atoms with Crippen molar-refractivity contribution in [2.24, 2.45) is 0 Å². The molecule has 3 rings (SSSR count). The molecule has 2 atom stereocenters. The number of aliphatic hydroxyl groups is 1. The van der Waals surface area contributed by atoms with E-state index in [4.69, 9.17) is 0 Å². The number of amides is 1. The summed E-state index contributed by atoms with van der Waals surface area (Å²) in [6, 6.07) is 1.04. The second-order valence-corrected chi connectivity index (χ2v) is 8.97. The molecule has 2 aromatic rings. The molecule has 2 aromatic heterocycles. The normalized spacial score (nSPS) is 19.8. The Bertz CT molecular complexity index is 851. The lowest BCUT2D eigenvalue weighted by Crippen LogP contribution is -2.39. The number of pyridine rings is 1. The first-order valence-corrected chi connectivity index (χ1v) is 9.97. The van der Waals surface area contributed by atoms with Gasteiger partial charge in [0.1, 0.15) is 5.82 Å². The molecule has 0 unspecified atom stereocenters. The van der Waals surface area contributed by atoms with Crippen LogP contribution in [0, 0.1) is 0 Å². The van der Waals surface area contributed by atoms with Gasteiger partial charge in [0, 0.05) is 29.1 Å². The number of anilines is 1. The third-order valence-electron chi connectivity index (χ3n) is 4.44. The fraction of sp³-hybridized carbons (Fsp3) is 0.526. The van der Waals surface area contributed by atoms with Crippen molar-refractivity contribution in [2.75, 3.05) is 5.32 Å². The van der Waals surface area contributed by atoms with Crippen LogP contribution in [-0.2, 0) is 0 Å². The first-order valence-electron chi connectivity index (χ1n) is 9.15. The molecule has 1 aliphatic rings. The van der Waals surface area contributed by atoms with Crippen molar-refractivity contribution in [3.63, 3.8) is 0 Å². The van der Waals surface area contributed by atoms with E-state index in [0.717, 1.165) is 17.8 Å². The minimum Gasteiger partial charge on any atom is -0.391 e. The van der Waals surface area contributed by atoms with E-state index in [-0.39, 0.29) is 27.7 Å². The van der Waals surface area contributed by atoms with Crippen molar-refractivity contribution in [1.29, 1.82) is 0 Å². The first kappa shape index (κ1) is 20.6. The predicted octanol–water partition coefficient (Wildman–Crippen LogP) is 4.00. The summed E-state index contributed by atoms with van der Waals surface area (Å²) in [5.41, 5.74) is -0.218. The fourth-order valence-corrected chi connectivity index (χ4v) is 4.00. The monoisotopic (exact) mass is 410 g/mol. The van der Waals surface area contributed by atoms with Gasteiger partial charge in [-0.1, -0.05) is 0 Å². The highest BCUT2D eigenvalue weighted by atomic mass is 32.1. The fourth-order valence-electron chi connectivity index (χ4n) is 3.15. The summed E-state index contributed by atoms with van der Waals surface area (Å²) in [6.07, 6.45) is 1.77. The quantitative estimate of drug-likeness (QED) is 0.694. The Kier molecular flexibility index (Phi) is 5.95. The van der Waals surface area contributed by atoms with Gasteiger partial charge in [-0.05, 0) is 46.1 Å². The van der Waals surface area contributed by atoms with Gasteiger partial charge >= 0.3 is 0 Å². The lowest BCUT2D eigenvalue weighted by molar-refractivity contribution is 0.0873. The molecule has 0 saturated heterocycles. The van der Waals surface area contributed by atoms with Crippen LogP contribution in [0.2, 0.25) is 0 Å². The van der Waals surface area contributed by atoms with Gasteiger partial charge in [-0.2, -0.15) is 0 Å². The minimum atomic E-state index is -2.69. The summed E-state index contributed by atoms with van der Waals surface area (Å²) in [7, 11) is 0. The number of nitrogens with zero attached hydrogens (tertiary/aromatic N) is 2. The zero-order valence-corrected chi connectivity index (χ0v) is 16.8. The van der Waals surface area contributed by atoms with Gasteiger partial charge in [0.2, 0.25) is 0 Å². The van der Waals surface area contributed by atoms with Crippen LogP contribution >= 0.6 is 11.3 Å². The molecule has 1 fully saturated rings. The van der Waals surface area contributed by atoms with Crippen LogP contribution in [0.1, 0.15) is 61.8 Å². The van der Waals surface area contributed by atoms with Crippen molar-refractivity contribution in [1.82, 2.24) is 15.3 Å². The molecule has 3 N–H and O–H groups in total. The van der Waals surface area contributed by atoms with E-state index in [1.54, 1.807) is 0 Å². The summed E-state index contributed by atoms with van der Waals surface area (Å²) >= 11 is 1.03. The Morgan fingerprint density at radius 1 is 1.29 bits per heavy atom. The molecule has 0 radical (unpaired) electrons. The van der Waals surface area contributed by atoms with Crippen LogP contribution in [0.15, 0.2) is 18.5 Å². The molecular weight excluding hydrogens is 386 g/mol.